The average molecular weight is 579 g/mol. The van der Waals surface area contributed by atoms with Crippen LogP contribution < -0.4 is 14.5 Å². The summed E-state index contributed by atoms with van der Waals surface area (Å²) in [7, 11) is -1.91. The number of hydrogen-bond donors (Lipinski definition) is 2. The molecular weight excluding hydrogens is 536 g/mol. The second kappa shape index (κ2) is 11.8. The van der Waals surface area contributed by atoms with Crippen molar-refractivity contribution in [2.75, 3.05) is 31.7 Å². The minimum absolute atomic E-state index is 0.136. The van der Waals surface area contributed by atoms with Gasteiger partial charge in [-0.1, -0.05) is 32.9 Å². The molecule has 2 aliphatic heterocycles. The van der Waals surface area contributed by atoms with Gasteiger partial charge in [0.1, 0.15) is 11.5 Å². The maximum atomic E-state index is 11.4. The first-order valence-corrected chi connectivity index (χ1v) is 17.3. The second-order valence-corrected chi connectivity index (χ2v) is 17.1. The number of hydrogen-bond acceptors (Lipinski definition) is 6. The lowest BCUT2D eigenvalue weighted by Gasteiger charge is -2.36. The van der Waals surface area contributed by atoms with Crippen molar-refractivity contribution in [3.8, 4) is 11.5 Å². The third kappa shape index (κ3) is 6.54. The predicted octanol–water partition coefficient (Wildman–Crippen LogP) is 6.63. The maximum Gasteiger partial charge on any atom is 0.407 e. The lowest BCUT2D eigenvalue weighted by molar-refractivity contribution is 0.139. The van der Waals surface area contributed by atoms with Crippen molar-refractivity contribution in [1.29, 1.82) is 0 Å². The molecule has 2 N–H and O–H groups in total. The fourth-order valence-electron chi connectivity index (χ4n) is 5.11. The van der Waals surface area contributed by atoms with Crippen molar-refractivity contribution in [1.82, 2.24) is 14.7 Å². The Morgan fingerprint density at radius 2 is 1.98 bits per heavy atom. The molecule has 0 spiro atoms. The molecule has 0 saturated carbocycles. The third-order valence-electron chi connectivity index (χ3n) is 8.55. The van der Waals surface area contributed by atoms with Crippen molar-refractivity contribution in [2.45, 2.75) is 70.8 Å². The van der Waals surface area contributed by atoms with Gasteiger partial charge >= 0.3 is 6.09 Å². The summed E-state index contributed by atoms with van der Waals surface area (Å²) in [4.78, 5) is 12.9. The van der Waals surface area contributed by atoms with Crippen molar-refractivity contribution in [3.05, 3.63) is 65.5 Å². The van der Waals surface area contributed by atoms with E-state index in [2.05, 4.69) is 56.0 Å². The topological polar surface area (TPSA) is 98.1 Å². The van der Waals surface area contributed by atoms with Gasteiger partial charge < -0.3 is 29.2 Å². The molecule has 3 aromatic rings. The van der Waals surface area contributed by atoms with Crippen molar-refractivity contribution >= 4 is 25.8 Å². The van der Waals surface area contributed by atoms with Crippen LogP contribution in [0.4, 0.5) is 16.2 Å². The number of anilines is 2. The van der Waals surface area contributed by atoms with Crippen LogP contribution in [-0.2, 0) is 24.1 Å². The molecule has 5 rings (SSSR count). The van der Waals surface area contributed by atoms with E-state index in [4.69, 9.17) is 19.0 Å². The van der Waals surface area contributed by atoms with Crippen LogP contribution in [0.1, 0.15) is 50.1 Å². The Kier molecular flexibility index (Phi) is 8.33. The molecule has 3 heterocycles. The van der Waals surface area contributed by atoms with Crippen LogP contribution in [0.25, 0.3) is 0 Å². The molecule has 1 saturated heterocycles. The number of rotatable bonds is 9. The van der Waals surface area contributed by atoms with E-state index < -0.39 is 14.4 Å². The molecule has 1 fully saturated rings. The van der Waals surface area contributed by atoms with Crippen LogP contribution in [0.2, 0.25) is 18.1 Å². The molecule has 2 aromatic carbocycles. The van der Waals surface area contributed by atoms with Gasteiger partial charge in [-0.25, -0.2) is 4.79 Å². The summed E-state index contributed by atoms with van der Waals surface area (Å²) in [5, 5.41) is 17.8. The Bertz CT molecular complexity index is 1360. The zero-order valence-corrected chi connectivity index (χ0v) is 25.8. The first kappa shape index (κ1) is 29.0. The monoisotopic (exact) mass is 578 g/mol. The lowest BCUT2D eigenvalue weighted by Crippen LogP contribution is -2.43. The number of benzene rings is 2. The van der Waals surface area contributed by atoms with E-state index in [-0.39, 0.29) is 11.1 Å². The van der Waals surface area contributed by atoms with Gasteiger partial charge in [0.15, 0.2) is 0 Å². The highest BCUT2D eigenvalue weighted by Crippen LogP contribution is 2.38. The fourth-order valence-corrected chi connectivity index (χ4v) is 6.14. The van der Waals surface area contributed by atoms with Crippen LogP contribution in [-0.4, -0.2) is 60.6 Å². The van der Waals surface area contributed by atoms with E-state index in [0.29, 0.717) is 39.1 Å². The number of carboxylic acid groups (broad SMARTS) is 1. The van der Waals surface area contributed by atoms with Crippen LogP contribution in [0.3, 0.4) is 0 Å². The smallest absolute Gasteiger partial charge is 0.407 e. The molecule has 2 aliphatic rings. The molecule has 10 heteroatoms. The highest BCUT2D eigenvalue weighted by Gasteiger charge is 2.39. The van der Waals surface area contributed by atoms with Gasteiger partial charge in [0.2, 0.25) is 8.32 Å². The number of nitrogens with zero attached hydrogens (tertiary/aromatic N) is 3. The van der Waals surface area contributed by atoms with Gasteiger partial charge in [-0.05, 0) is 66.9 Å². The number of ether oxygens (including phenoxy) is 2. The van der Waals surface area contributed by atoms with Crippen LogP contribution in [0.5, 0.6) is 11.5 Å². The fraction of sp³-hybridized carbons (Fsp3) is 0.484. The number of carbonyl (C=O) groups is 1. The Morgan fingerprint density at radius 3 is 2.66 bits per heavy atom. The summed E-state index contributed by atoms with van der Waals surface area (Å²) in [6.45, 7) is 14.0. The van der Waals surface area contributed by atoms with E-state index in [1.54, 1.807) is 0 Å². The average Bonchev–Trinajstić information content (AvgIpc) is 3.59. The van der Waals surface area contributed by atoms with Gasteiger partial charge in [-0.15, -0.1) is 0 Å². The molecule has 1 aromatic heterocycles. The van der Waals surface area contributed by atoms with Crippen LogP contribution in [0, 0.1) is 0 Å². The van der Waals surface area contributed by atoms with E-state index in [9.17, 15) is 9.90 Å². The minimum atomic E-state index is -1.91. The van der Waals surface area contributed by atoms with Crippen LogP contribution >= 0.6 is 0 Å². The van der Waals surface area contributed by atoms with Crippen molar-refractivity contribution in [3.63, 3.8) is 0 Å². The Balaban J connectivity index is 1.29. The quantitative estimate of drug-likeness (QED) is 0.275. The zero-order valence-electron chi connectivity index (χ0n) is 24.8. The highest BCUT2D eigenvalue weighted by atomic mass is 28.4. The summed E-state index contributed by atoms with van der Waals surface area (Å²) in [5.41, 5.74) is 5.10. The molecular formula is C31H42N4O5Si. The summed E-state index contributed by atoms with van der Waals surface area (Å²) < 4.78 is 20.5. The first-order valence-electron chi connectivity index (χ1n) is 14.4. The summed E-state index contributed by atoms with van der Waals surface area (Å²) in [6.07, 6.45) is 3.25. The largest absolute Gasteiger partial charge is 0.544 e. The highest BCUT2D eigenvalue weighted by molar-refractivity contribution is 6.74. The van der Waals surface area contributed by atoms with Crippen molar-refractivity contribution in [2.24, 2.45) is 0 Å². The molecule has 1 unspecified atom stereocenters. The zero-order chi connectivity index (χ0) is 29.2. The number of fused-ring (bicyclic) bond motifs is 1. The van der Waals surface area contributed by atoms with E-state index in [1.165, 1.54) is 4.90 Å². The molecule has 220 valence electrons. The molecule has 9 nitrogen and oxygen atoms in total. The normalized spacial score (nSPS) is 17.3. The van der Waals surface area contributed by atoms with E-state index >= 15 is 0 Å². The molecule has 1 amide bonds. The third-order valence-corrected chi connectivity index (χ3v) is 12.9. The van der Waals surface area contributed by atoms with Gasteiger partial charge in [0.25, 0.3) is 0 Å². The van der Waals surface area contributed by atoms with Gasteiger partial charge in [-0.2, -0.15) is 5.10 Å². The molecule has 0 radical (unpaired) electrons. The van der Waals surface area contributed by atoms with E-state index in [0.717, 1.165) is 52.7 Å². The Labute approximate surface area is 243 Å². The molecule has 1 atom stereocenters. The van der Waals surface area contributed by atoms with Gasteiger partial charge in [-0.3, -0.25) is 4.68 Å². The summed E-state index contributed by atoms with van der Waals surface area (Å²) >= 11 is 0. The molecule has 0 aliphatic carbocycles. The standard InChI is InChI=1S/C31H42N4O5Si/c1-31(2,3)41(4,5)40-25-11-9-23(10-12-25)33-27-19-32-35(24-14-17-38-21-24)28(27)15-18-39-29-8-6-7-22-20-34(30(36)37)16-13-26(22)29/h6-12,19,24,33H,13-18,20-21H2,1-5H3,(H,36,37). The number of aromatic nitrogens is 2. The number of nitrogens with one attached hydrogen (secondary N) is 1. The van der Waals surface area contributed by atoms with Crippen LogP contribution in [0.15, 0.2) is 48.7 Å². The first-order chi connectivity index (χ1) is 19.5. The van der Waals surface area contributed by atoms with E-state index in [1.807, 2.05) is 36.5 Å². The lowest BCUT2D eigenvalue weighted by atomic mass is 9.99. The minimum Gasteiger partial charge on any atom is -0.544 e. The maximum absolute atomic E-state index is 11.4. The summed E-state index contributed by atoms with van der Waals surface area (Å²) in [5.74, 6) is 1.72. The van der Waals surface area contributed by atoms with Gasteiger partial charge in [0, 0.05) is 37.4 Å². The Hall–Kier alpha value is -3.50. The molecule has 41 heavy (non-hydrogen) atoms. The van der Waals surface area contributed by atoms with Gasteiger partial charge in [0.05, 0.1) is 36.8 Å². The SMILES string of the molecule is CC(C)(C)[Si](C)(C)Oc1ccc(Nc2cnn(C3CCOC3)c2CCOc2cccc3c2CCN(C(=O)O)C3)cc1. The second-order valence-electron chi connectivity index (χ2n) is 12.4. The predicted molar refractivity (Wildman–Crippen MR) is 162 cm³/mol. The molecule has 0 bridgehead atoms. The van der Waals surface area contributed by atoms with Crippen molar-refractivity contribution < 1.29 is 23.8 Å². The number of amides is 1. The summed E-state index contributed by atoms with van der Waals surface area (Å²) in [6, 6.07) is 14.3. The Morgan fingerprint density at radius 1 is 1.20 bits per heavy atom.